The largest absolute Gasteiger partial charge is 0.383 e. The van der Waals surface area contributed by atoms with E-state index in [-0.39, 0.29) is 5.54 Å². The minimum atomic E-state index is 0.115. The summed E-state index contributed by atoms with van der Waals surface area (Å²) in [4.78, 5) is 6.56. The first kappa shape index (κ1) is 15.9. The molecule has 1 N–H and O–H groups in total. The van der Waals surface area contributed by atoms with Crippen LogP contribution in [0.1, 0.15) is 33.3 Å². The maximum absolute atomic E-state index is 5.17. The number of nitrogens with zero attached hydrogens (tertiary/aromatic N) is 2. The van der Waals surface area contributed by atoms with Crippen LogP contribution in [-0.4, -0.2) is 37.3 Å². The molecule has 0 aliphatic carbocycles. The van der Waals surface area contributed by atoms with E-state index in [2.05, 4.69) is 49.0 Å². The van der Waals surface area contributed by atoms with Gasteiger partial charge in [-0.3, -0.25) is 4.98 Å². The number of aromatic nitrogens is 1. The zero-order valence-electron chi connectivity index (χ0n) is 12.9. The maximum Gasteiger partial charge on any atom is 0.0637 e. The van der Waals surface area contributed by atoms with Gasteiger partial charge in [-0.2, -0.15) is 0 Å². The molecular weight excluding hydrogens is 238 g/mol. The van der Waals surface area contributed by atoms with Crippen LogP contribution in [0.25, 0.3) is 0 Å². The van der Waals surface area contributed by atoms with Crippen LogP contribution in [0.2, 0.25) is 0 Å². The van der Waals surface area contributed by atoms with Gasteiger partial charge in [0.25, 0.3) is 0 Å². The zero-order chi connectivity index (χ0) is 14.3. The first-order chi connectivity index (χ1) is 8.98. The van der Waals surface area contributed by atoms with E-state index < -0.39 is 0 Å². The number of likely N-dealkylation sites (N-methyl/N-ethyl adjacent to an activating group) is 1. The third-order valence-electron chi connectivity index (χ3n) is 2.98. The molecular formula is C15H27N3O. The number of methoxy groups -OCH3 is 1. The lowest BCUT2D eigenvalue weighted by Crippen LogP contribution is -2.36. The van der Waals surface area contributed by atoms with E-state index in [9.17, 15) is 0 Å². The lowest BCUT2D eigenvalue weighted by Gasteiger charge is -2.27. The highest BCUT2D eigenvalue weighted by Crippen LogP contribution is 2.19. The molecule has 0 aromatic carbocycles. The molecule has 1 aromatic heterocycles. The van der Waals surface area contributed by atoms with Crippen molar-refractivity contribution in [3.8, 4) is 0 Å². The molecule has 1 aromatic rings. The molecule has 4 heteroatoms. The first-order valence-corrected chi connectivity index (χ1v) is 6.89. The van der Waals surface area contributed by atoms with Crippen molar-refractivity contribution >= 4 is 5.69 Å². The molecule has 19 heavy (non-hydrogen) atoms. The average molecular weight is 265 g/mol. The molecule has 0 saturated heterocycles. The van der Waals surface area contributed by atoms with Crippen LogP contribution in [-0.2, 0) is 11.3 Å². The van der Waals surface area contributed by atoms with Crippen molar-refractivity contribution in [2.45, 2.75) is 39.8 Å². The Bertz CT molecular complexity index is 374. The Morgan fingerprint density at radius 1 is 1.37 bits per heavy atom. The molecule has 4 nitrogen and oxygen atoms in total. The predicted molar refractivity (Wildman–Crippen MR) is 80.6 cm³/mol. The number of hydrogen-bond donors (Lipinski definition) is 1. The fourth-order valence-electron chi connectivity index (χ4n) is 1.86. The van der Waals surface area contributed by atoms with E-state index >= 15 is 0 Å². The number of anilines is 1. The van der Waals surface area contributed by atoms with Crippen LogP contribution in [0.5, 0.6) is 0 Å². The van der Waals surface area contributed by atoms with Gasteiger partial charge < -0.3 is 15.0 Å². The van der Waals surface area contributed by atoms with E-state index in [0.29, 0.717) is 0 Å². The molecule has 0 amide bonds. The Morgan fingerprint density at radius 3 is 2.68 bits per heavy atom. The van der Waals surface area contributed by atoms with Gasteiger partial charge >= 0.3 is 0 Å². The summed E-state index contributed by atoms with van der Waals surface area (Å²) in [5, 5.41) is 3.53. The minimum absolute atomic E-state index is 0.115. The summed E-state index contributed by atoms with van der Waals surface area (Å²) in [7, 11) is 1.74. The third-order valence-corrected chi connectivity index (χ3v) is 2.98. The Labute approximate surface area is 117 Å². The molecule has 0 aliphatic heterocycles. The summed E-state index contributed by atoms with van der Waals surface area (Å²) in [6.45, 7) is 12.1. The van der Waals surface area contributed by atoms with Crippen molar-refractivity contribution < 1.29 is 4.74 Å². The summed E-state index contributed by atoms with van der Waals surface area (Å²) in [5.41, 5.74) is 2.59. The molecule has 0 bridgehead atoms. The van der Waals surface area contributed by atoms with Gasteiger partial charge in [-0.15, -0.1) is 0 Å². The van der Waals surface area contributed by atoms with Gasteiger partial charge in [0.1, 0.15) is 0 Å². The topological polar surface area (TPSA) is 37.4 Å². The van der Waals surface area contributed by atoms with Crippen LogP contribution in [0.4, 0.5) is 5.69 Å². The van der Waals surface area contributed by atoms with Crippen molar-refractivity contribution in [3.63, 3.8) is 0 Å². The summed E-state index contributed by atoms with van der Waals surface area (Å²) in [6.07, 6.45) is 3.80. The van der Waals surface area contributed by atoms with E-state index in [1.54, 1.807) is 7.11 Å². The van der Waals surface area contributed by atoms with Gasteiger partial charge in [0.05, 0.1) is 18.5 Å². The predicted octanol–water partition coefficient (Wildman–Crippen LogP) is 2.44. The number of ether oxygens (including phenoxy) is 1. The average Bonchev–Trinajstić information content (AvgIpc) is 2.37. The highest BCUT2D eigenvalue weighted by atomic mass is 16.5. The second kappa shape index (κ2) is 7.46. The fraction of sp³-hybridized carbons (Fsp3) is 0.667. The molecule has 0 unspecified atom stereocenters. The minimum Gasteiger partial charge on any atom is -0.383 e. The molecule has 1 heterocycles. The van der Waals surface area contributed by atoms with Gasteiger partial charge in [-0.05, 0) is 39.3 Å². The van der Waals surface area contributed by atoms with Gasteiger partial charge in [0.15, 0.2) is 0 Å². The van der Waals surface area contributed by atoms with E-state index in [1.165, 1.54) is 11.3 Å². The van der Waals surface area contributed by atoms with Gasteiger partial charge in [-0.25, -0.2) is 0 Å². The van der Waals surface area contributed by atoms with Gasteiger partial charge in [0, 0.05) is 38.5 Å². The normalized spacial score (nSPS) is 11.6. The van der Waals surface area contributed by atoms with Crippen LogP contribution in [0.3, 0.4) is 0 Å². The lowest BCUT2D eigenvalue weighted by atomic mass is 10.1. The maximum atomic E-state index is 5.17. The number of pyridine rings is 1. The van der Waals surface area contributed by atoms with E-state index in [1.807, 2.05) is 12.4 Å². The Kier molecular flexibility index (Phi) is 6.25. The van der Waals surface area contributed by atoms with Crippen molar-refractivity contribution in [1.82, 2.24) is 10.3 Å². The second-order valence-corrected chi connectivity index (χ2v) is 5.68. The molecule has 0 fully saturated rings. The number of rotatable bonds is 7. The highest BCUT2D eigenvalue weighted by molar-refractivity contribution is 5.51. The number of hydrogen-bond acceptors (Lipinski definition) is 4. The monoisotopic (exact) mass is 265 g/mol. The fourth-order valence-corrected chi connectivity index (χ4v) is 1.86. The lowest BCUT2D eigenvalue weighted by molar-refractivity contribution is 0.205. The quantitative estimate of drug-likeness (QED) is 0.821. The van der Waals surface area contributed by atoms with Crippen molar-refractivity contribution in [3.05, 3.63) is 24.0 Å². The zero-order valence-corrected chi connectivity index (χ0v) is 12.9. The first-order valence-electron chi connectivity index (χ1n) is 6.89. The molecule has 0 spiro atoms. The molecule has 0 aliphatic rings. The smallest absolute Gasteiger partial charge is 0.0637 e. The summed E-state index contributed by atoms with van der Waals surface area (Å²) < 4.78 is 5.17. The Hall–Kier alpha value is -1.13. The van der Waals surface area contributed by atoms with Crippen LogP contribution in [0.15, 0.2) is 18.5 Å². The SMILES string of the molecule is CCN(CCOC)c1cnccc1CNC(C)(C)C. The Morgan fingerprint density at radius 2 is 2.11 bits per heavy atom. The summed E-state index contributed by atoms with van der Waals surface area (Å²) in [6, 6.07) is 2.09. The van der Waals surface area contributed by atoms with Crippen LogP contribution < -0.4 is 10.2 Å². The van der Waals surface area contributed by atoms with E-state index in [4.69, 9.17) is 4.74 Å². The van der Waals surface area contributed by atoms with Gasteiger partial charge in [-0.1, -0.05) is 0 Å². The molecule has 0 atom stereocenters. The van der Waals surface area contributed by atoms with Crippen molar-refractivity contribution in [2.75, 3.05) is 31.7 Å². The van der Waals surface area contributed by atoms with Crippen molar-refractivity contribution in [2.24, 2.45) is 0 Å². The van der Waals surface area contributed by atoms with E-state index in [0.717, 1.165) is 26.2 Å². The second-order valence-electron chi connectivity index (χ2n) is 5.68. The standard InChI is InChI=1S/C15H27N3O/c1-6-18(9-10-19-5)14-12-16-8-7-13(14)11-17-15(2,3)4/h7-8,12,17H,6,9-11H2,1-5H3. The summed E-state index contributed by atoms with van der Waals surface area (Å²) >= 11 is 0. The Balaban J connectivity index is 2.81. The molecule has 0 saturated carbocycles. The van der Waals surface area contributed by atoms with Crippen LogP contribution >= 0.6 is 0 Å². The summed E-state index contributed by atoms with van der Waals surface area (Å²) in [5.74, 6) is 0. The third kappa shape index (κ3) is 5.57. The van der Waals surface area contributed by atoms with Crippen molar-refractivity contribution in [1.29, 1.82) is 0 Å². The van der Waals surface area contributed by atoms with Gasteiger partial charge in [0.2, 0.25) is 0 Å². The van der Waals surface area contributed by atoms with Crippen LogP contribution in [0, 0.1) is 0 Å². The molecule has 108 valence electrons. The molecule has 0 radical (unpaired) electrons. The molecule has 1 rings (SSSR count). The number of nitrogens with one attached hydrogen (secondary N) is 1. The highest BCUT2D eigenvalue weighted by Gasteiger charge is 2.13.